The van der Waals surface area contributed by atoms with E-state index in [2.05, 4.69) is 12.2 Å². The highest BCUT2D eigenvalue weighted by Crippen LogP contribution is 2.16. The second-order valence-corrected chi connectivity index (χ2v) is 3.90. The smallest absolute Gasteiger partial charge is 0.126 e. The molecule has 1 atom stereocenters. The first-order valence-electron chi connectivity index (χ1n) is 4.74. The largest absolute Gasteiger partial charge is 0.317 e. The number of hydrogen-bond donors (Lipinski definition) is 1. The molecule has 0 bridgehead atoms. The van der Waals surface area contributed by atoms with Crippen molar-refractivity contribution in [3.05, 3.63) is 34.6 Å². The average Bonchev–Trinajstić information content (AvgIpc) is 2.19. The van der Waals surface area contributed by atoms with E-state index in [1.165, 1.54) is 6.07 Å². The molecule has 0 aromatic heterocycles. The molecule has 1 N–H and O–H groups in total. The zero-order valence-electron chi connectivity index (χ0n) is 8.48. The molecule has 0 aliphatic heterocycles. The topological polar surface area (TPSA) is 12.0 Å². The predicted octanol–water partition coefficient (Wildman–Crippen LogP) is 3.02. The maximum atomic E-state index is 13.2. The Morgan fingerprint density at radius 2 is 2.21 bits per heavy atom. The highest BCUT2D eigenvalue weighted by Gasteiger charge is 2.05. The van der Waals surface area contributed by atoms with Crippen molar-refractivity contribution >= 4 is 11.6 Å². The first-order valence-corrected chi connectivity index (χ1v) is 5.12. The normalized spacial score (nSPS) is 12.9. The van der Waals surface area contributed by atoms with Crippen LogP contribution in [0.2, 0.25) is 5.02 Å². The van der Waals surface area contributed by atoms with Gasteiger partial charge in [0.05, 0.1) is 0 Å². The summed E-state index contributed by atoms with van der Waals surface area (Å²) in [5.74, 6) is -0.169. The summed E-state index contributed by atoms with van der Waals surface area (Å²) < 4.78 is 13.2. The fraction of sp³-hybridized carbons (Fsp3) is 0.455. The molecule has 78 valence electrons. The lowest BCUT2D eigenvalue weighted by Crippen LogP contribution is -2.21. The summed E-state index contributed by atoms with van der Waals surface area (Å²) in [5, 5.41) is 3.71. The molecule has 1 aromatic carbocycles. The summed E-state index contributed by atoms with van der Waals surface area (Å²) in [6.45, 7) is 2.07. The van der Waals surface area contributed by atoms with Crippen molar-refractivity contribution in [3.63, 3.8) is 0 Å². The molecule has 0 fully saturated rings. The van der Waals surface area contributed by atoms with Crippen LogP contribution in [-0.2, 0) is 6.42 Å². The van der Waals surface area contributed by atoms with E-state index >= 15 is 0 Å². The summed E-state index contributed by atoms with van der Waals surface area (Å²) >= 11 is 5.78. The second-order valence-electron chi connectivity index (χ2n) is 3.46. The average molecular weight is 216 g/mol. The zero-order chi connectivity index (χ0) is 10.6. The van der Waals surface area contributed by atoms with Gasteiger partial charge < -0.3 is 5.32 Å². The Kier molecular flexibility index (Phi) is 4.36. The lowest BCUT2D eigenvalue weighted by molar-refractivity contribution is 0.547. The number of nitrogens with one attached hydrogen (secondary N) is 1. The third kappa shape index (κ3) is 3.28. The van der Waals surface area contributed by atoms with Crippen molar-refractivity contribution in [1.29, 1.82) is 0 Å². The maximum Gasteiger partial charge on any atom is 0.126 e. The van der Waals surface area contributed by atoms with Gasteiger partial charge in [0.1, 0.15) is 5.82 Å². The van der Waals surface area contributed by atoms with E-state index in [1.54, 1.807) is 12.1 Å². The van der Waals surface area contributed by atoms with E-state index in [4.69, 9.17) is 11.6 Å². The van der Waals surface area contributed by atoms with E-state index < -0.39 is 0 Å². The molecule has 0 aliphatic carbocycles. The summed E-state index contributed by atoms with van der Waals surface area (Å²) in [5.41, 5.74) is 0.694. The van der Waals surface area contributed by atoms with E-state index in [1.807, 2.05) is 7.05 Å². The Balaban J connectivity index is 2.62. The third-order valence-electron chi connectivity index (χ3n) is 2.35. The summed E-state index contributed by atoms with van der Waals surface area (Å²) in [7, 11) is 1.90. The molecule has 0 radical (unpaired) electrons. The van der Waals surface area contributed by atoms with Gasteiger partial charge in [-0.25, -0.2) is 4.39 Å². The molecule has 14 heavy (non-hydrogen) atoms. The van der Waals surface area contributed by atoms with E-state index in [-0.39, 0.29) is 5.82 Å². The van der Waals surface area contributed by atoms with Gasteiger partial charge in [0, 0.05) is 11.1 Å². The molecule has 1 nitrogen and oxygen atoms in total. The molecule has 0 spiro atoms. The van der Waals surface area contributed by atoms with Crippen molar-refractivity contribution < 1.29 is 4.39 Å². The summed E-state index contributed by atoms with van der Waals surface area (Å²) in [6, 6.07) is 5.08. The van der Waals surface area contributed by atoms with Crippen LogP contribution in [-0.4, -0.2) is 13.1 Å². The molecule has 0 saturated heterocycles. The van der Waals surface area contributed by atoms with Gasteiger partial charge in [0.15, 0.2) is 0 Å². The minimum Gasteiger partial charge on any atom is -0.317 e. The standard InChI is InChI=1S/C11H15ClFN/c1-8(14-2)3-4-9-7-10(12)5-6-11(9)13/h5-8,14H,3-4H2,1-2H3. The summed E-state index contributed by atoms with van der Waals surface area (Å²) in [6.07, 6.45) is 1.63. The van der Waals surface area contributed by atoms with Gasteiger partial charge in [-0.3, -0.25) is 0 Å². The molecular weight excluding hydrogens is 201 g/mol. The Morgan fingerprint density at radius 3 is 2.86 bits per heavy atom. The van der Waals surface area contributed by atoms with Crippen LogP contribution < -0.4 is 5.32 Å². The van der Waals surface area contributed by atoms with Crippen LogP contribution in [0.15, 0.2) is 18.2 Å². The molecule has 1 rings (SSSR count). The van der Waals surface area contributed by atoms with E-state index in [9.17, 15) is 4.39 Å². The van der Waals surface area contributed by atoms with Crippen molar-refractivity contribution in [3.8, 4) is 0 Å². The van der Waals surface area contributed by atoms with Crippen LogP contribution in [0.5, 0.6) is 0 Å². The molecule has 1 unspecified atom stereocenters. The number of rotatable bonds is 4. The Morgan fingerprint density at radius 1 is 1.50 bits per heavy atom. The van der Waals surface area contributed by atoms with Gasteiger partial charge >= 0.3 is 0 Å². The van der Waals surface area contributed by atoms with Gasteiger partial charge in [-0.05, 0) is 50.6 Å². The van der Waals surface area contributed by atoms with Gasteiger partial charge in [-0.2, -0.15) is 0 Å². The van der Waals surface area contributed by atoms with Gasteiger partial charge in [-0.15, -0.1) is 0 Å². The predicted molar refractivity (Wildman–Crippen MR) is 58.3 cm³/mol. The lowest BCUT2D eigenvalue weighted by atomic mass is 10.1. The third-order valence-corrected chi connectivity index (χ3v) is 2.58. The van der Waals surface area contributed by atoms with Crippen molar-refractivity contribution in [2.24, 2.45) is 0 Å². The Bertz CT molecular complexity index is 301. The first-order chi connectivity index (χ1) is 6.63. The quantitative estimate of drug-likeness (QED) is 0.814. The highest BCUT2D eigenvalue weighted by atomic mass is 35.5. The minimum absolute atomic E-state index is 0.169. The van der Waals surface area contributed by atoms with Crippen LogP contribution in [0.4, 0.5) is 4.39 Å². The van der Waals surface area contributed by atoms with Crippen LogP contribution in [0.3, 0.4) is 0 Å². The molecule has 0 saturated carbocycles. The van der Waals surface area contributed by atoms with Crippen LogP contribution >= 0.6 is 11.6 Å². The molecule has 3 heteroatoms. The maximum absolute atomic E-state index is 13.2. The number of benzene rings is 1. The molecule has 0 heterocycles. The monoisotopic (exact) mass is 215 g/mol. The van der Waals surface area contributed by atoms with Gasteiger partial charge in [-0.1, -0.05) is 11.6 Å². The second kappa shape index (κ2) is 5.32. The molecule has 0 amide bonds. The van der Waals surface area contributed by atoms with Crippen LogP contribution in [0.25, 0.3) is 0 Å². The number of halogens is 2. The lowest BCUT2D eigenvalue weighted by Gasteiger charge is -2.10. The molecular formula is C11H15ClFN. The molecule has 0 aliphatic rings. The van der Waals surface area contributed by atoms with E-state index in [0.29, 0.717) is 23.0 Å². The zero-order valence-corrected chi connectivity index (χ0v) is 9.24. The minimum atomic E-state index is -0.169. The highest BCUT2D eigenvalue weighted by molar-refractivity contribution is 6.30. The van der Waals surface area contributed by atoms with Crippen LogP contribution in [0, 0.1) is 5.82 Å². The van der Waals surface area contributed by atoms with Gasteiger partial charge in [0.2, 0.25) is 0 Å². The van der Waals surface area contributed by atoms with Gasteiger partial charge in [0.25, 0.3) is 0 Å². The summed E-state index contributed by atoms with van der Waals surface area (Å²) in [4.78, 5) is 0. The van der Waals surface area contributed by atoms with Crippen LogP contribution in [0.1, 0.15) is 18.9 Å². The SMILES string of the molecule is CNC(C)CCc1cc(Cl)ccc1F. The van der Waals surface area contributed by atoms with Crippen molar-refractivity contribution in [1.82, 2.24) is 5.32 Å². The van der Waals surface area contributed by atoms with Crippen molar-refractivity contribution in [2.75, 3.05) is 7.05 Å². The first kappa shape index (κ1) is 11.5. The molecule has 1 aromatic rings. The Labute approximate surface area is 89.3 Å². The van der Waals surface area contributed by atoms with Crippen molar-refractivity contribution in [2.45, 2.75) is 25.8 Å². The Hall–Kier alpha value is -0.600. The van der Waals surface area contributed by atoms with E-state index in [0.717, 1.165) is 6.42 Å². The number of aryl methyl sites for hydroxylation is 1. The fourth-order valence-electron chi connectivity index (χ4n) is 1.25. The fourth-order valence-corrected chi connectivity index (χ4v) is 1.45. The number of hydrogen-bond acceptors (Lipinski definition) is 1.